The molecular weight excluding hydrogens is 525 g/mol. The van der Waals surface area contributed by atoms with Gasteiger partial charge in [0, 0.05) is 67.1 Å². The number of benzene rings is 1. The highest BCUT2D eigenvalue weighted by atomic mass is 19.4. The molecule has 1 amide bonds. The number of carbonyl (C=O) groups is 2. The van der Waals surface area contributed by atoms with Crippen molar-refractivity contribution in [2.45, 2.75) is 57.9 Å². The first kappa shape index (κ1) is 27.7. The number of nitrogens with one attached hydrogen (secondary N) is 1. The van der Waals surface area contributed by atoms with Crippen molar-refractivity contribution >= 4 is 34.4 Å². The monoisotopic (exact) mass is 556 g/mol. The van der Waals surface area contributed by atoms with E-state index in [9.17, 15) is 22.8 Å². The summed E-state index contributed by atoms with van der Waals surface area (Å²) in [4.78, 5) is 33.0. The number of amides is 1. The molecule has 1 fully saturated rings. The summed E-state index contributed by atoms with van der Waals surface area (Å²) in [7, 11) is 1.49. The molecule has 0 atom stereocenters. The predicted molar refractivity (Wildman–Crippen MR) is 143 cm³/mol. The number of likely N-dealkylation sites (N-methyl/N-ethyl adjacent to an activating group) is 1. The number of nitrogens with zero attached hydrogens (tertiary/aromatic N) is 3. The van der Waals surface area contributed by atoms with Crippen LogP contribution in [-0.2, 0) is 27.4 Å². The van der Waals surface area contributed by atoms with E-state index in [1.54, 1.807) is 6.07 Å². The van der Waals surface area contributed by atoms with Gasteiger partial charge in [0.2, 0.25) is 5.91 Å². The second-order valence-electron chi connectivity index (χ2n) is 10.3. The van der Waals surface area contributed by atoms with Crippen LogP contribution in [0.3, 0.4) is 0 Å². The molecule has 1 aromatic carbocycles. The Kier molecular flexibility index (Phi) is 7.84. The first-order chi connectivity index (χ1) is 19.1. The number of alkyl halides is 3. The first-order valence-corrected chi connectivity index (χ1v) is 13.3. The molecular formula is C29H31F3N4O4. The van der Waals surface area contributed by atoms with Crippen LogP contribution in [0, 0.1) is 6.92 Å². The zero-order valence-electron chi connectivity index (χ0n) is 22.4. The minimum Gasteiger partial charge on any atom is -0.459 e. The number of furan rings is 1. The number of hydrogen-bond donors (Lipinski definition) is 1. The van der Waals surface area contributed by atoms with Crippen molar-refractivity contribution in [2.24, 2.45) is 0 Å². The van der Waals surface area contributed by atoms with Crippen molar-refractivity contribution in [3.05, 3.63) is 65.1 Å². The molecule has 0 spiro atoms. The molecule has 2 aliphatic rings. The lowest BCUT2D eigenvalue weighted by atomic mass is 10.1. The van der Waals surface area contributed by atoms with E-state index in [-0.39, 0.29) is 12.1 Å². The van der Waals surface area contributed by atoms with Gasteiger partial charge in [-0.2, -0.15) is 13.2 Å². The Morgan fingerprint density at radius 1 is 1.25 bits per heavy atom. The van der Waals surface area contributed by atoms with Gasteiger partial charge in [-0.05, 0) is 31.9 Å². The predicted octanol–water partition coefficient (Wildman–Crippen LogP) is 5.41. The second-order valence-corrected chi connectivity index (χ2v) is 10.3. The van der Waals surface area contributed by atoms with E-state index in [0.717, 1.165) is 42.0 Å². The maximum Gasteiger partial charge on any atom is 0.491 e. The van der Waals surface area contributed by atoms with Gasteiger partial charge < -0.3 is 19.4 Å². The molecule has 0 bridgehead atoms. The number of anilines is 1. The molecule has 8 nitrogen and oxygen atoms in total. The van der Waals surface area contributed by atoms with Crippen LogP contribution in [0.2, 0.25) is 0 Å². The average molecular weight is 557 g/mol. The van der Waals surface area contributed by atoms with E-state index in [2.05, 4.69) is 15.2 Å². The Balaban J connectivity index is 1.42. The molecule has 1 N–H and O–H groups in total. The minimum absolute atomic E-state index is 0.0685. The number of ether oxygens (including phenoxy) is 1. The first-order valence-electron chi connectivity index (χ1n) is 13.3. The number of pyridine rings is 1. The average Bonchev–Trinajstić information content (AvgIpc) is 3.50. The van der Waals surface area contributed by atoms with Crippen molar-refractivity contribution < 1.29 is 31.9 Å². The number of esters is 1. The number of para-hydroxylation sites is 1. The third-order valence-electron chi connectivity index (χ3n) is 7.55. The zero-order chi connectivity index (χ0) is 28.4. The van der Waals surface area contributed by atoms with Gasteiger partial charge in [-0.25, -0.2) is 9.78 Å². The Morgan fingerprint density at radius 3 is 2.73 bits per heavy atom. The van der Waals surface area contributed by atoms with Gasteiger partial charge >= 0.3 is 12.1 Å². The summed E-state index contributed by atoms with van der Waals surface area (Å²) in [5.74, 6) is -2.43. The molecule has 3 heterocycles. The molecule has 5 rings (SSSR count). The van der Waals surface area contributed by atoms with Crippen LogP contribution < -0.4 is 5.32 Å². The molecule has 0 saturated heterocycles. The van der Waals surface area contributed by atoms with Gasteiger partial charge in [0.25, 0.3) is 0 Å². The Hall–Kier alpha value is -3.86. The van der Waals surface area contributed by atoms with Gasteiger partial charge in [0.15, 0.2) is 0 Å². The minimum atomic E-state index is -5.24. The van der Waals surface area contributed by atoms with Gasteiger partial charge in [-0.1, -0.05) is 31.0 Å². The van der Waals surface area contributed by atoms with Crippen LogP contribution in [-0.4, -0.2) is 59.0 Å². The SMILES string of the molecule is Cc1c(CN(C)C(=O)/C=C(/OC(=O)C(F)(F)F)c2cnc3c(c2)CN(C2CCCC2)CCN3)oc2ccccc12. The summed E-state index contributed by atoms with van der Waals surface area (Å²) >= 11 is 0. The second kappa shape index (κ2) is 11.3. The lowest BCUT2D eigenvalue weighted by molar-refractivity contribution is -0.192. The van der Waals surface area contributed by atoms with Gasteiger partial charge in [0.05, 0.1) is 6.54 Å². The Morgan fingerprint density at radius 2 is 2.00 bits per heavy atom. The smallest absolute Gasteiger partial charge is 0.459 e. The molecule has 1 aliphatic carbocycles. The topological polar surface area (TPSA) is 87.9 Å². The molecule has 1 saturated carbocycles. The number of carbonyl (C=O) groups excluding carboxylic acids is 2. The fraction of sp³-hybridized carbons (Fsp3) is 0.414. The van der Waals surface area contributed by atoms with Crippen LogP contribution in [0.15, 0.2) is 47.0 Å². The lowest BCUT2D eigenvalue weighted by Gasteiger charge is -2.27. The molecule has 3 aromatic rings. The van der Waals surface area contributed by atoms with Crippen molar-refractivity contribution in [1.82, 2.24) is 14.8 Å². The number of hydrogen-bond acceptors (Lipinski definition) is 7. The van der Waals surface area contributed by atoms with E-state index >= 15 is 0 Å². The fourth-order valence-electron chi connectivity index (χ4n) is 5.34. The largest absolute Gasteiger partial charge is 0.491 e. The molecule has 212 valence electrons. The third kappa shape index (κ3) is 5.99. The summed E-state index contributed by atoms with van der Waals surface area (Å²) < 4.78 is 50.1. The van der Waals surface area contributed by atoms with Crippen LogP contribution in [0.25, 0.3) is 16.7 Å². The normalized spacial score (nSPS) is 16.9. The van der Waals surface area contributed by atoms with Gasteiger partial charge in [0.1, 0.15) is 22.9 Å². The van der Waals surface area contributed by atoms with Crippen LogP contribution in [0.5, 0.6) is 0 Å². The van der Waals surface area contributed by atoms with Gasteiger partial charge in [-0.3, -0.25) is 9.69 Å². The molecule has 0 unspecified atom stereocenters. The van der Waals surface area contributed by atoms with Crippen molar-refractivity contribution in [1.29, 1.82) is 0 Å². The zero-order valence-corrected chi connectivity index (χ0v) is 22.4. The van der Waals surface area contributed by atoms with E-state index in [4.69, 9.17) is 9.15 Å². The molecule has 40 heavy (non-hydrogen) atoms. The van der Waals surface area contributed by atoms with Crippen molar-refractivity contribution in [2.75, 3.05) is 25.5 Å². The summed E-state index contributed by atoms with van der Waals surface area (Å²) in [6.45, 7) is 3.99. The van der Waals surface area contributed by atoms with Crippen LogP contribution in [0.4, 0.5) is 19.0 Å². The maximum absolute atomic E-state index is 13.2. The maximum atomic E-state index is 13.2. The number of aryl methyl sites for hydroxylation is 1. The molecule has 11 heteroatoms. The van der Waals surface area contributed by atoms with Crippen LogP contribution in [0.1, 0.15) is 48.1 Å². The number of aromatic nitrogens is 1. The van der Waals surface area contributed by atoms with E-state index < -0.39 is 23.8 Å². The van der Waals surface area contributed by atoms with Gasteiger partial charge in [-0.15, -0.1) is 0 Å². The summed E-state index contributed by atoms with van der Waals surface area (Å²) in [5, 5.41) is 4.17. The summed E-state index contributed by atoms with van der Waals surface area (Å²) in [6, 6.07) is 9.51. The summed E-state index contributed by atoms with van der Waals surface area (Å²) in [5.41, 5.74) is 2.39. The molecule has 1 aliphatic heterocycles. The highest BCUT2D eigenvalue weighted by molar-refractivity contribution is 5.96. The van der Waals surface area contributed by atoms with Crippen molar-refractivity contribution in [3.63, 3.8) is 0 Å². The standard InChI is InChI=1S/C29H31F3N4O4/c1-18-22-9-5-6-10-23(22)39-25(18)17-35(2)26(37)14-24(40-28(38)29(30,31)32)19-13-20-16-36(21-7-3-4-8-21)12-11-33-27(20)34-15-19/h5-6,9-10,13-15,21H,3-4,7-8,11-12,16-17H2,1-2H3,(H,33,34)/b24-14+. The van der Waals surface area contributed by atoms with E-state index in [1.807, 2.05) is 31.2 Å². The van der Waals surface area contributed by atoms with Crippen molar-refractivity contribution in [3.8, 4) is 0 Å². The van der Waals surface area contributed by atoms with E-state index in [0.29, 0.717) is 36.3 Å². The Bertz CT molecular complexity index is 1440. The molecule has 2 aromatic heterocycles. The number of fused-ring (bicyclic) bond motifs is 2. The van der Waals surface area contributed by atoms with Crippen LogP contribution >= 0.6 is 0 Å². The fourth-order valence-corrected chi connectivity index (χ4v) is 5.34. The van der Waals surface area contributed by atoms with E-state index in [1.165, 1.54) is 31.0 Å². The number of halogens is 3. The Labute approximate surface area is 229 Å². The highest BCUT2D eigenvalue weighted by Crippen LogP contribution is 2.31. The highest BCUT2D eigenvalue weighted by Gasteiger charge is 2.42. The lowest BCUT2D eigenvalue weighted by Crippen LogP contribution is -2.34. The summed E-state index contributed by atoms with van der Waals surface area (Å²) in [6.07, 6.45) is 1.50. The molecule has 0 radical (unpaired) electrons. The third-order valence-corrected chi connectivity index (χ3v) is 7.55. The number of rotatable bonds is 6. The quantitative estimate of drug-likeness (QED) is 0.247.